The topological polar surface area (TPSA) is 74.7 Å². The summed E-state index contributed by atoms with van der Waals surface area (Å²) in [6.45, 7) is 1.80. The van der Waals surface area contributed by atoms with Gasteiger partial charge in [0.05, 0.1) is 10.8 Å². The standard InChI is InChI=1S/C14H16ClNO4S/c1-8-2-4-10(7-12(8)15)21(19,20)16-9-3-5-13(16)11(6-9)14(17)18/h2,4,7,9,11,13H,3,5-6H2,1H3,(H,17,18). The van der Waals surface area contributed by atoms with E-state index in [4.69, 9.17) is 11.6 Å². The van der Waals surface area contributed by atoms with Gasteiger partial charge in [0.15, 0.2) is 0 Å². The second kappa shape index (κ2) is 4.97. The molecule has 114 valence electrons. The molecule has 0 saturated carbocycles. The fraction of sp³-hybridized carbons (Fsp3) is 0.500. The highest BCUT2D eigenvalue weighted by molar-refractivity contribution is 7.89. The average Bonchev–Trinajstić information content (AvgIpc) is 3.00. The molecular formula is C14H16ClNO4S. The first kappa shape index (κ1) is 14.8. The van der Waals surface area contributed by atoms with E-state index >= 15 is 0 Å². The molecule has 0 radical (unpaired) electrons. The van der Waals surface area contributed by atoms with E-state index in [9.17, 15) is 18.3 Å². The van der Waals surface area contributed by atoms with Crippen LogP contribution in [0.25, 0.3) is 0 Å². The van der Waals surface area contributed by atoms with Crippen molar-refractivity contribution in [1.82, 2.24) is 4.31 Å². The number of carboxylic acid groups (broad SMARTS) is 1. The van der Waals surface area contributed by atoms with Crippen molar-refractivity contribution in [3.63, 3.8) is 0 Å². The summed E-state index contributed by atoms with van der Waals surface area (Å²) in [7, 11) is -3.69. The van der Waals surface area contributed by atoms with Crippen molar-refractivity contribution >= 4 is 27.6 Å². The highest BCUT2D eigenvalue weighted by atomic mass is 35.5. The molecule has 7 heteroatoms. The fourth-order valence-corrected chi connectivity index (χ4v) is 5.62. The molecule has 3 rings (SSSR count). The average molecular weight is 330 g/mol. The second-order valence-corrected chi connectivity index (χ2v) is 7.98. The molecular weight excluding hydrogens is 314 g/mol. The highest BCUT2D eigenvalue weighted by Crippen LogP contribution is 2.45. The molecule has 1 aromatic carbocycles. The third-order valence-corrected chi connectivity index (χ3v) is 6.89. The van der Waals surface area contributed by atoms with E-state index in [-0.39, 0.29) is 10.9 Å². The van der Waals surface area contributed by atoms with Crippen molar-refractivity contribution in [3.05, 3.63) is 28.8 Å². The van der Waals surface area contributed by atoms with E-state index in [0.29, 0.717) is 17.9 Å². The van der Waals surface area contributed by atoms with Crippen LogP contribution in [-0.4, -0.2) is 35.9 Å². The molecule has 5 nitrogen and oxygen atoms in total. The van der Waals surface area contributed by atoms with Gasteiger partial charge in [0.2, 0.25) is 10.0 Å². The summed E-state index contributed by atoms with van der Waals surface area (Å²) < 4.78 is 27.0. The molecule has 3 unspecified atom stereocenters. The molecule has 0 aromatic heterocycles. The van der Waals surface area contributed by atoms with Gasteiger partial charge in [0.25, 0.3) is 0 Å². The molecule has 2 saturated heterocycles. The number of carbonyl (C=O) groups is 1. The van der Waals surface area contributed by atoms with Gasteiger partial charge < -0.3 is 5.11 Å². The van der Waals surface area contributed by atoms with Crippen LogP contribution in [0.15, 0.2) is 23.1 Å². The van der Waals surface area contributed by atoms with Crippen molar-refractivity contribution in [3.8, 4) is 0 Å². The van der Waals surface area contributed by atoms with Gasteiger partial charge >= 0.3 is 5.97 Å². The maximum atomic E-state index is 12.8. The number of fused-ring (bicyclic) bond motifs is 2. The number of halogens is 1. The Hall–Kier alpha value is -1.11. The minimum absolute atomic E-state index is 0.140. The summed E-state index contributed by atoms with van der Waals surface area (Å²) in [4.78, 5) is 11.4. The number of carboxylic acids is 1. The lowest BCUT2D eigenvalue weighted by atomic mass is 9.89. The van der Waals surface area contributed by atoms with Gasteiger partial charge in [-0.3, -0.25) is 4.79 Å². The Balaban J connectivity index is 1.99. The van der Waals surface area contributed by atoms with E-state index in [1.165, 1.54) is 16.4 Å². The summed E-state index contributed by atoms with van der Waals surface area (Å²) in [5.74, 6) is -1.51. The quantitative estimate of drug-likeness (QED) is 0.923. The van der Waals surface area contributed by atoms with E-state index in [1.54, 1.807) is 13.0 Å². The minimum Gasteiger partial charge on any atom is -0.481 e. The SMILES string of the molecule is Cc1ccc(S(=O)(=O)N2C3CCC2C(C(=O)O)C3)cc1Cl. The molecule has 2 bridgehead atoms. The normalized spacial score (nSPS) is 29.0. The van der Waals surface area contributed by atoms with Crippen molar-refractivity contribution in [2.75, 3.05) is 0 Å². The maximum Gasteiger partial charge on any atom is 0.308 e. The van der Waals surface area contributed by atoms with Crippen LogP contribution in [0.5, 0.6) is 0 Å². The predicted octanol–water partition coefficient (Wildman–Crippen LogP) is 2.27. The van der Waals surface area contributed by atoms with Gasteiger partial charge in [0.1, 0.15) is 0 Å². The van der Waals surface area contributed by atoms with Crippen LogP contribution in [0.1, 0.15) is 24.8 Å². The molecule has 1 aromatic rings. The smallest absolute Gasteiger partial charge is 0.308 e. The van der Waals surface area contributed by atoms with Gasteiger partial charge in [-0.05, 0) is 43.9 Å². The number of hydrogen-bond donors (Lipinski definition) is 1. The minimum atomic E-state index is -3.69. The first-order valence-corrected chi connectivity index (χ1v) is 8.66. The third-order valence-electron chi connectivity index (χ3n) is 4.51. The van der Waals surface area contributed by atoms with Gasteiger partial charge in [-0.1, -0.05) is 17.7 Å². The summed E-state index contributed by atoms with van der Waals surface area (Å²) in [5, 5.41) is 9.63. The van der Waals surface area contributed by atoms with Gasteiger partial charge in [0, 0.05) is 17.1 Å². The lowest BCUT2D eigenvalue weighted by Gasteiger charge is -2.22. The summed E-state index contributed by atoms with van der Waals surface area (Å²) >= 11 is 6.02. The molecule has 2 heterocycles. The van der Waals surface area contributed by atoms with E-state index < -0.39 is 28.0 Å². The molecule has 2 aliphatic rings. The lowest BCUT2D eigenvalue weighted by molar-refractivity contribution is -0.142. The Morgan fingerprint density at radius 1 is 1.38 bits per heavy atom. The monoisotopic (exact) mass is 329 g/mol. The van der Waals surface area contributed by atoms with E-state index in [2.05, 4.69) is 0 Å². The number of hydrogen-bond acceptors (Lipinski definition) is 3. The molecule has 0 spiro atoms. The second-order valence-electron chi connectivity index (χ2n) is 5.72. The van der Waals surface area contributed by atoms with Crippen molar-refractivity contribution in [1.29, 1.82) is 0 Å². The van der Waals surface area contributed by atoms with Crippen LogP contribution in [0.4, 0.5) is 0 Å². The van der Waals surface area contributed by atoms with Crippen molar-refractivity contribution in [2.45, 2.75) is 43.2 Å². The Bertz CT molecular complexity index is 703. The van der Waals surface area contributed by atoms with E-state index in [1.807, 2.05) is 0 Å². The fourth-order valence-electron chi connectivity index (χ4n) is 3.43. The maximum absolute atomic E-state index is 12.8. The van der Waals surface area contributed by atoms with Crippen molar-refractivity contribution < 1.29 is 18.3 Å². The Morgan fingerprint density at radius 3 is 2.67 bits per heavy atom. The molecule has 2 fully saturated rings. The van der Waals surface area contributed by atoms with Crippen LogP contribution >= 0.6 is 11.6 Å². The van der Waals surface area contributed by atoms with Crippen LogP contribution in [-0.2, 0) is 14.8 Å². The molecule has 2 aliphatic heterocycles. The Labute approximate surface area is 128 Å². The molecule has 21 heavy (non-hydrogen) atoms. The number of aryl methyl sites for hydroxylation is 1. The predicted molar refractivity (Wildman–Crippen MR) is 77.8 cm³/mol. The summed E-state index contributed by atoms with van der Waals surface area (Å²) in [6.07, 6.45) is 1.74. The zero-order valence-electron chi connectivity index (χ0n) is 11.5. The van der Waals surface area contributed by atoms with E-state index in [0.717, 1.165) is 12.0 Å². The number of benzene rings is 1. The van der Waals surface area contributed by atoms with Crippen LogP contribution in [0.3, 0.4) is 0 Å². The lowest BCUT2D eigenvalue weighted by Crippen LogP contribution is -2.37. The van der Waals surface area contributed by atoms with Crippen molar-refractivity contribution in [2.24, 2.45) is 5.92 Å². The van der Waals surface area contributed by atoms with Crippen LogP contribution in [0, 0.1) is 12.8 Å². The first-order chi connectivity index (χ1) is 9.82. The summed E-state index contributed by atoms with van der Waals surface area (Å²) in [5.41, 5.74) is 0.809. The number of rotatable bonds is 3. The largest absolute Gasteiger partial charge is 0.481 e. The van der Waals surface area contributed by atoms with Crippen LogP contribution < -0.4 is 0 Å². The van der Waals surface area contributed by atoms with Gasteiger partial charge in [-0.25, -0.2) is 8.42 Å². The zero-order valence-corrected chi connectivity index (χ0v) is 13.1. The number of aliphatic carboxylic acids is 1. The number of nitrogens with zero attached hydrogens (tertiary/aromatic N) is 1. The van der Waals surface area contributed by atoms with Crippen LogP contribution in [0.2, 0.25) is 5.02 Å². The summed E-state index contributed by atoms with van der Waals surface area (Å²) in [6, 6.07) is 4.00. The molecule has 0 aliphatic carbocycles. The third kappa shape index (κ3) is 2.25. The molecule has 0 amide bonds. The first-order valence-electron chi connectivity index (χ1n) is 6.85. The Kier molecular flexibility index (Phi) is 3.50. The van der Waals surface area contributed by atoms with Gasteiger partial charge in [-0.2, -0.15) is 4.31 Å². The highest BCUT2D eigenvalue weighted by Gasteiger charge is 2.54. The molecule has 3 atom stereocenters. The number of sulfonamides is 1. The zero-order chi connectivity index (χ0) is 15.4. The Morgan fingerprint density at radius 2 is 2.10 bits per heavy atom. The van der Waals surface area contributed by atoms with Gasteiger partial charge in [-0.15, -0.1) is 0 Å². The molecule has 1 N–H and O–H groups in total.